The Bertz CT molecular complexity index is 689. The fourth-order valence-corrected chi connectivity index (χ4v) is 4.65. The highest BCUT2D eigenvalue weighted by molar-refractivity contribution is 5.79. The van der Waals surface area contributed by atoms with Crippen LogP contribution in [0.3, 0.4) is 0 Å². The minimum atomic E-state index is 0.235. The van der Waals surface area contributed by atoms with Crippen LogP contribution >= 0.6 is 0 Å². The van der Waals surface area contributed by atoms with Crippen LogP contribution in [0.15, 0.2) is 18.2 Å². The van der Waals surface area contributed by atoms with Gasteiger partial charge in [-0.05, 0) is 43.9 Å². The molecule has 28 heavy (non-hydrogen) atoms. The van der Waals surface area contributed by atoms with Gasteiger partial charge in [0.1, 0.15) is 11.5 Å². The first-order chi connectivity index (χ1) is 13.7. The number of rotatable bonds is 7. The van der Waals surface area contributed by atoms with Crippen LogP contribution in [0, 0.1) is 0 Å². The molecule has 0 aromatic heterocycles. The van der Waals surface area contributed by atoms with Gasteiger partial charge >= 0.3 is 0 Å². The highest BCUT2D eigenvalue weighted by Gasteiger charge is 2.38. The first kappa shape index (κ1) is 19.5. The molecule has 0 N–H and O–H groups in total. The van der Waals surface area contributed by atoms with Crippen molar-refractivity contribution >= 4 is 5.91 Å². The van der Waals surface area contributed by atoms with E-state index in [4.69, 9.17) is 14.2 Å². The molecular weight excluding hydrogens is 356 g/mol. The van der Waals surface area contributed by atoms with Crippen molar-refractivity contribution in [1.29, 1.82) is 0 Å². The Morgan fingerprint density at radius 2 is 2.00 bits per heavy atom. The second kappa shape index (κ2) is 8.70. The molecule has 1 heterocycles. The molecule has 1 amide bonds. The first-order valence-corrected chi connectivity index (χ1v) is 10.6. The highest BCUT2D eigenvalue weighted by Crippen LogP contribution is 2.33. The van der Waals surface area contributed by atoms with Gasteiger partial charge in [-0.25, -0.2) is 0 Å². The molecule has 3 aliphatic rings. The number of morpholine rings is 1. The van der Waals surface area contributed by atoms with E-state index in [1.807, 2.05) is 18.2 Å². The molecule has 154 valence electrons. The third-order valence-electron chi connectivity index (χ3n) is 6.32. The molecule has 2 saturated carbocycles. The van der Waals surface area contributed by atoms with Crippen LogP contribution in [0.1, 0.15) is 44.1 Å². The first-order valence-electron chi connectivity index (χ1n) is 10.6. The van der Waals surface area contributed by atoms with E-state index in [2.05, 4.69) is 9.80 Å². The Hall–Kier alpha value is -1.79. The van der Waals surface area contributed by atoms with Crippen LogP contribution in [0.5, 0.6) is 11.5 Å². The lowest BCUT2D eigenvalue weighted by molar-refractivity contribution is -0.150. The Labute approximate surface area is 167 Å². The summed E-state index contributed by atoms with van der Waals surface area (Å²) in [5, 5.41) is 0. The van der Waals surface area contributed by atoms with Crippen LogP contribution in [0.4, 0.5) is 0 Å². The van der Waals surface area contributed by atoms with Crippen molar-refractivity contribution in [3.05, 3.63) is 23.8 Å². The summed E-state index contributed by atoms with van der Waals surface area (Å²) < 4.78 is 16.9. The van der Waals surface area contributed by atoms with E-state index in [0.29, 0.717) is 25.7 Å². The number of amides is 1. The van der Waals surface area contributed by atoms with Gasteiger partial charge in [-0.3, -0.25) is 9.69 Å². The van der Waals surface area contributed by atoms with Crippen molar-refractivity contribution in [2.75, 3.05) is 33.9 Å². The maximum Gasteiger partial charge on any atom is 0.237 e. The second-order valence-electron chi connectivity index (χ2n) is 8.16. The summed E-state index contributed by atoms with van der Waals surface area (Å²) in [4.78, 5) is 17.7. The Morgan fingerprint density at radius 1 is 1.18 bits per heavy atom. The molecule has 1 saturated heterocycles. The van der Waals surface area contributed by atoms with Gasteiger partial charge in [0.05, 0.1) is 39.5 Å². The molecule has 0 radical (unpaired) electrons. The number of ether oxygens (including phenoxy) is 3. The van der Waals surface area contributed by atoms with Gasteiger partial charge in [0, 0.05) is 24.7 Å². The van der Waals surface area contributed by atoms with Crippen LogP contribution in [-0.4, -0.2) is 67.8 Å². The zero-order valence-electron chi connectivity index (χ0n) is 17.1. The van der Waals surface area contributed by atoms with Gasteiger partial charge in [0.15, 0.2) is 0 Å². The van der Waals surface area contributed by atoms with Gasteiger partial charge in [0.2, 0.25) is 5.91 Å². The lowest BCUT2D eigenvalue weighted by Gasteiger charge is -2.44. The Balaban J connectivity index is 1.46. The number of methoxy groups -OCH3 is 2. The standard InChI is InChI=1S/C22H32N2O4/c1-26-18-9-10-20(27-2)16(13-18)14-23(17-7-8-17)15-22(25)24-11-12-28-21-6-4-3-5-19(21)24/h9-10,13,17,19,21H,3-8,11-12,14-15H2,1-2H3/t19-,21-/m0/s1. The fourth-order valence-electron chi connectivity index (χ4n) is 4.65. The van der Waals surface area contributed by atoms with Gasteiger partial charge in [0.25, 0.3) is 0 Å². The predicted octanol–water partition coefficient (Wildman–Crippen LogP) is 2.84. The van der Waals surface area contributed by atoms with E-state index in [1.54, 1.807) is 14.2 Å². The van der Waals surface area contributed by atoms with E-state index in [-0.39, 0.29) is 18.1 Å². The minimum Gasteiger partial charge on any atom is -0.497 e. The van der Waals surface area contributed by atoms with E-state index in [9.17, 15) is 4.79 Å². The molecule has 2 atom stereocenters. The van der Waals surface area contributed by atoms with Gasteiger partial charge in [-0.15, -0.1) is 0 Å². The monoisotopic (exact) mass is 388 g/mol. The number of hydrogen-bond acceptors (Lipinski definition) is 5. The maximum absolute atomic E-state index is 13.2. The van der Waals surface area contributed by atoms with Gasteiger partial charge in [-0.2, -0.15) is 0 Å². The number of carbonyl (C=O) groups excluding carboxylic acids is 1. The predicted molar refractivity (Wildman–Crippen MR) is 107 cm³/mol. The summed E-state index contributed by atoms with van der Waals surface area (Å²) in [6.07, 6.45) is 7.13. The van der Waals surface area contributed by atoms with E-state index < -0.39 is 0 Å². The number of benzene rings is 1. The molecule has 2 aliphatic carbocycles. The average molecular weight is 389 g/mol. The molecule has 0 unspecified atom stereocenters. The zero-order valence-corrected chi connectivity index (χ0v) is 17.1. The van der Waals surface area contributed by atoms with Crippen molar-refractivity contribution < 1.29 is 19.0 Å². The molecule has 6 nitrogen and oxygen atoms in total. The van der Waals surface area contributed by atoms with E-state index in [0.717, 1.165) is 49.3 Å². The summed E-state index contributed by atoms with van der Waals surface area (Å²) >= 11 is 0. The molecule has 1 aromatic rings. The van der Waals surface area contributed by atoms with Crippen molar-refractivity contribution in [1.82, 2.24) is 9.80 Å². The molecule has 3 fully saturated rings. The zero-order chi connectivity index (χ0) is 19.5. The molecule has 0 bridgehead atoms. The molecule has 1 aromatic carbocycles. The van der Waals surface area contributed by atoms with Gasteiger partial charge < -0.3 is 19.1 Å². The smallest absolute Gasteiger partial charge is 0.237 e. The lowest BCUT2D eigenvalue weighted by atomic mass is 9.90. The van der Waals surface area contributed by atoms with E-state index in [1.165, 1.54) is 12.8 Å². The topological polar surface area (TPSA) is 51.2 Å². The Kier molecular flexibility index (Phi) is 6.07. The number of carbonyl (C=O) groups is 1. The molecule has 4 rings (SSSR count). The third kappa shape index (κ3) is 4.28. The fraction of sp³-hybridized carbons (Fsp3) is 0.682. The maximum atomic E-state index is 13.2. The average Bonchev–Trinajstić information content (AvgIpc) is 3.58. The van der Waals surface area contributed by atoms with Crippen molar-refractivity contribution in [3.63, 3.8) is 0 Å². The van der Waals surface area contributed by atoms with Crippen LogP contribution in [0.25, 0.3) is 0 Å². The number of hydrogen-bond donors (Lipinski definition) is 0. The second-order valence-corrected chi connectivity index (χ2v) is 8.16. The largest absolute Gasteiger partial charge is 0.497 e. The minimum absolute atomic E-state index is 0.235. The SMILES string of the molecule is COc1ccc(OC)c(CN(CC(=O)N2CCO[C@H]3CCCC[C@@H]32)C2CC2)c1. The van der Waals surface area contributed by atoms with Crippen molar-refractivity contribution in [2.45, 2.75) is 63.3 Å². The van der Waals surface area contributed by atoms with Gasteiger partial charge in [-0.1, -0.05) is 12.8 Å². The Morgan fingerprint density at radius 3 is 2.75 bits per heavy atom. The number of nitrogens with zero attached hydrogens (tertiary/aromatic N) is 2. The van der Waals surface area contributed by atoms with Crippen LogP contribution < -0.4 is 9.47 Å². The third-order valence-corrected chi connectivity index (χ3v) is 6.32. The summed E-state index contributed by atoms with van der Waals surface area (Å²) in [5.74, 6) is 1.91. The van der Waals surface area contributed by atoms with Crippen molar-refractivity contribution in [3.8, 4) is 11.5 Å². The number of fused-ring (bicyclic) bond motifs is 1. The van der Waals surface area contributed by atoms with Crippen molar-refractivity contribution in [2.24, 2.45) is 0 Å². The van der Waals surface area contributed by atoms with Crippen LogP contribution in [0.2, 0.25) is 0 Å². The molecule has 6 heteroatoms. The summed E-state index contributed by atoms with van der Waals surface area (Å²) in [6.45, 7) is 2.56. The normalized spacial score (nSPS) is 24.8. The lowest BCUT2D eigenvalue weighted by Crippen LogP contribution is -2.56. The highest BCUT2D eigenvalue weighted by atomic mass is 16.5. The quantitative estimate of drug-likeness (QED) is 0.719. The van der Waals surface area contributed by atoms with E-state index >= 15 is 0 Å². The van der Waals surface area contributed by atoms with Crippen LogP contribution in [-0.2, 0) is 16.1 Å². The summed E-state index contributed by atoms with van der Waals surface area (Å²) in [6, 6.07) is 6.62. The molecule has 1 aliphatic heterocycles. The molecule has 0 spiro atoms. The summed E-state index contributed by atoms with van der Waals surface area (Å²) in [7, 11) is 3.36. The summed E-state index contributed by atoms with van der Waals surface area (Å²) in [5.41, 5.74) is 1.07. The molecular formula is C22H32N2O4.